The van der Waals surface area contributed by atoms with Gasteiger partial charge in [-0.15, -0.1) is 12.4 Å². The van der Waals surface area contributed by atoms with Crippen molar-refractivity contribution >= 4 is 12.4 Å². The van der Waals surface area contributed by atoms with Gasteiger partial charge in [-0.05, 0) is 12.8 Å². The third kappa shape index (κ3) is 2.50. The van der Waals surface area contributed by atoms with E-state index in [9.17, 15) is 13.2 Å². The molecule has 0 aliphatic heterocycles. The summed E-state index contributed by atoms with van der Waals surface area (Å²) in [5, 5.41) is 0. The molecule has 1 rings (SSSR count). The Morgan fingerprint density at radius 1 is 1.08 bits per heavy atom. The molecular weight excluding hydrogens is 203 g/mol. The molecule has 80 valence electrons. The Labute approximate surface area is 82.3 Å². The zero-order chi connectivity index (χ0) is 9.24. The summed E-state index contributed by atoms with van der Waals surface area (Å²) in [7, 11) is 0. The van der Waals surface area contributed by atoms with Crippen LogP contribution in [0.2, 0.25) is 0 Å². The average molecular weight is 218 g/mol. The molecule has 0 spiro atoms. The average Bonchev–Trinajstić information content (AvgIpc) is 2.04. The van der Waals surface area contributed by atoms with Crippen LogP contribution < -0.4 is 5.73 Å². The number of hydrogen-bond donors (Lipinski definition) is 1. The highest BCUT2D eigenvalue weighted by Gasteiger charge is 2.53. The van der Waals surface area contributed by atoms with Crippen molar-refractivity contribution < 1.29 is 13.2 Å². The first kappa shape index (κ1) is 13.0. The Morgan fingerprint density at radius 3 is 1.77 bits per heavy atom. The van der Waals surface area contributed by atoms with Crippen LogP contribution in [0.5, 0.6) is 0 Å². The lowest BCUT2D eigenvalue weighted by Gasteiger charge is -2.37. The lowest BCUT2D eigenvalue weighted by Crippen LogP contribution is -2.45. The number of halogens is 4. The molecule has 1 aliphatic rings. The summed E-state index contributed by atoms with van der Waals surface area (Å²) in [4.78, 5) is 0. The van der Waals surface area contributed by atoms with Gasteiger partial charge in [0.2, 0.25) is 0 Å². The van der Waals surface area contributed by atoms with Crippen LogP contribution >= 0.6 is 12.4 Å². The van der Waals surface area contributed by atoms with Crippen LogP contribution in [0.3, 0.4) is 0 Å². The molecule has 2 N–H and O–H groups in total. The fourth-order valence-electron chi connectivity index (χ4n) is 1.83. The van der Waals surface area contributed by atoms with E-state index >= 15 is 0 Å². The van der Waals surface area contributed by atoms with Gasteiger partial charge in [0.15, 0.2) is 0 Å². The molecule has 13 heavy (non-hydrogen) atoms. The van der Waals surface area contributed by atoms with E-state index in [2.05, 4.69) is 0 Å². The van der Waals surface area contributed by atoms with Crippen LogP contribution in [0.1, 0.15) is 32.1 Å². The molecule has 1 nitrogen and oxygen atoms in total. The second kappa shape index (κ2) is 4.51. The molecule has 0 amide bonds. The highest BCUT2D eigenvalue weighted by atomic mass is 35.5. The van der Waals surface area contributed by atoms with E-state index in [4.69, 9.17) is 5.73 Å². The van der Waals surface area contributed by atoms with Gasteiger partial charge in [-0.1, -0.05) is 19.3 Å². The first-order chi connectivity index (χ1) is 5.52. The first-order valence-corrected chi connectivity index (χ1v) is 4.29. The molecule has 5 heteroatoms. The molecule has 0 unspecified atom stereocenters. The molecule has 1 fully saturated rings. The van der Waals surface area contributed by atoms with Crippen molar-refractivity contribution in [3.63, 3.8) is 0 Å². The number of nitrogens with two attached hydrogens (primary N) is 1. The molecular formula is C8H15ClF3N. The van der Waals surface area contributed by atoms with Crippen LogP contribution in [0.25, 0.3) is 0 Å². The van der Waals surface area contributed by atoms with Crippen LogP contribution in [0, 0.1) is 5.41 Å². The molecule has 0 radical (unpaired) electrons. The summed E-state index contributed by atoms with van der Waals surface area (Å²) in [5.74, 6) is 0. The summed E-state index contributed by atoms with van der Waals surface area (Å²) >= 11 is 0. The van der Waals surface area contributed by atoms with Crippen molar-refractivity contribution in [2.24, 2.45) is 11.1 Å². The minimum atomic E-state index is -4.11. The van der Waals surface area contributed by atoms with Crippen molar-refractivity contribution in [3.8, 4) is 0 Å². The number of hydrogen-bond acceptors (Lipinski definition) is 1. The van der Waals surface area contributed by atoms with Crippen LogP contribution in [0.15, 0.2) is 0 Å². The second-order valence-corrected chi connectivity index (χ2v) is 3.54. The van der Waals surface area contributed by atoms with Gasteiger partial charge in [0.1, 0.15) is 0 Å². The lowest BCUT2D eigenvalue weighted by atomic mass is 9.73. The summed E-state index contributed by atoms with van der Waals surface area (Å²) in [6.45, 7) is -0.253. The maximum Gasteiger partial charge on any atom is 0.395 e. The minimum absolute atomic E-state index is 0. The highest BCUT2D eigenvalue weighted by molar-refractivity contribution is 5.85. The van der Waals surface area contributed by atoms with Crippen LogP contribution in [-0.2, 0) is 0 Å². The molecule has 0 aromatic rings. The van der Waals surface area contributed by atoms with Gasteiger partial charge in [-0.25, -0.2) is 0 Å². The maximum atomic E-state index is 12.5. The summed E-state index contributed by atoms with van der Waals surface area (Å²) in [6.07, 6.45) is -1.44. The fourth-order valence-corrected chi connectivity index (χ4v) is 1.83. The first-order valence-electron chi connectivity index (χ1n) is 4.29. The second-order valence-electron chi connectivity index (χ2n) is 3.54. The van der Waals surface area contributed by atoms with Crippen molar-refractivity contribution in [2.75, 3.05) is 6.54 Å². The Balaban J connectivity index is 0.00000144. The van der Waals surface area contributed by atoms with Crippen molar-refractivity contribution in [2.45, 2.75) is 38.3 Å². The Kier molecular flexibility index (Phi) is 4.52. The van der Waals surface area contributed by atoms with Crippen LogP contribution in [-0.4, -0.2) is 12.7 Å². The number of rotatable bonds is 1. The molecule has 0 aromatic carbocycles. The topological polar surface area (TPSA) is 26.0 Å². The summed E-state index contributed by atoms with van der Waals surface area (Å²) in [6, 6.07) is 0. The standard InChI is InChI=1S/C8H14F3N.ClH/c9-8(10,11)7(6-12)4-2-1-3-5-7;/h1-6,12H2;1H. The molecule has 1 saturated carbocycles. The van der Waals surface area contributed by atoms with Gasteiger partial charge in [-0.3, -0.25) is 0 Å². The van der Waals surface area contributed by atoms with Crippen molar-refractivity contribution in [1.82, 2.24) is 0 Å². The van der Waals surface area contributed by atoms with Gasteiger partial charge in [0.25, 0.3) is 0 Å². The van der Waals surface area contributed by atoms with Crippen molar-refractivity contribution in [1.29, 1.82) is 0 Å². The van der Waals surface area contributed by atoms with E-state index in [0.29, 0.717) is 12.8 Å². The van der Waals surface area contributed by atoms with E-state index in [1.807, 2.05) is 0 Å². The smallest absolute Gasteiger partial charge is 0.330 e. The predicted octanol–water partition coefficient (Wildman–Crippen LogP) is 2.88. The van der Waals surface area contributed by atoms with Gasteiger partial charge >= 0.3 is 6.18 Å². The maximum absolute atomic E-state index is 12.5. The summed E-state index contributed by atoms with van der Waals surface area (Å²) < 4.78 is 37.6. The largest absolute Gasteiger partial charge is 0.395 e. The van der Waals surface area contributed by atoms with E-state index < -0.39 is 11.6 Å². The Bertz CT molecular complexity index is 152. The van der Waals surface area contributed by atoms with Crippen LogP contribution in [0.4, 0.5) is 13.2 Å². The Morgan fingerprint density at radius 2 is 1.54 bits per heavy atom. The molecule has 0 bridgehead atoms. The zero-order valence-corrected chi connectivity index (χ0v) is 8.18. The fraction of sp³-hybridized carbons (Fsp3) is 1.00. The van der Waals surface area contributed by atoms with E-state index in [1.54, 1.807) is 0 Å². The zero-order valence-electron chi connectivity index (χ0n) is 7.36. The van der Waals surface area contributed by atoms with E-state index in [1.165, 1.54) is 0 Å². The third-order valence-electron chi connectivity index (χ3n) is 2.80. The predicted molar refractivity (Wildman–Crippen MR) is 47.9 cm³/mol. The molecule has 0 heterocycles. The molecule has 0 atom stereocenters. The quantitative estimate of drug-likeness (QED) is 0.718. The molecule has 0 saturated heterocycles. The Hall–Kier alpha value is 0.0400. The molecule has 1 aliphatic carbocycles. The SMILES string of the molecule is Cl.NCC1(C(F)(F)F)CCCCC1. The van der Waals surface area contributed by atoms with Crippen molar-refractivity contribution in [3.05, 3.63) is 0 Å². The van der Waals surface area contributed by atoms with E-state index in [-0.39, 0.29) is 31.8 Å². The minimum Gasteiger partial charge on any atom is -0.330 e. The normalized spacial score (nSPS) is 22.2. The van der Waals surface area contributed by atoms with E-state index in [0.717, 1.165) is 6.42 Å². The monoisotopic (exact) mass is 217 g/mol. The third-order valence-corrected chi connectivity index (χ3v) is 2.80. The van der Waals surface area contributed by atoms with Gasteiger partial charge < -0.3 is 5.73 Å². The highest BCUT2D eigenvalue weighted by Crippen LogP contribution is 2.47. The number of alkyl halides is 3. The lowest BCUT2D eigenvalue weighted by molar-refractivity contribution is -0.230. The van der Waals surface area contributed by atoms with Gasteiger partial charge in [0, 0.05) is 6.54 Å². The summed E-state index contributed by atoms with van der Waals surface area (Å²) in [5.41, 5.74) is 3.64. The van der Waals surface area contributed by atoms with Gasteiger partial charge in [0.05, 0.1) is 5.41 Å². The molecule has 0 aromatic heterocycles. The van der Waals surface area contributed by atoms with Gasteiger partial charge in [-0.2, -0.15) is 13.2 Å².